The van der Waals surface area contributed by atoms with Gasteiger partial charge >= 0.3 is 5.97 Å². The van der Waals surface area contributed by atoms with Crippen LogP contribution in [0.25, 0.3) is 0 Å². The molecule has 0 aromatic rings. The van der Waals surface area contributed by atoms with Crippen LogP contribution in [0.1, 0.15) is 34.6 Å². The Morgan fingerprint density at radius 2 is 1.31 bits per heavy atom. The summed E-state index contributed by atoms with van der Waals surface area (Å²) in [6.45, 7) is 13.7. The molecule has 16 heavy (non-hydrogen) atoms. The fraction of sp³-hybridized carbons (Fsp3) is 0.917. The molecule has 0 radical (unpaired) electrons. The second-order valence-corrected chi connectivity index (χ2v) is 6.01. The minimum Gasteiger partial charge on any atom is -0.480 e. The second-order valence-electron chi connectivity index (χ2n) is 6.01. The van der Waals surface area contributed by atoms with Crippen LogP contribution in [0.4, 0.5) is 0 Å². The monoisotopic (exact) mass is 228 g/mol. The van der Waals surface area contributed by atoms with Gasteiger partial charge in [0, 0.05) is 31.7 Å². The van der Waals surface area contributed by atoms with E-state index in [2.05, 4.69) is 30.6 Å². The fourth-order valence-electron chi connectivity index (χ4n) is 2.07. The maximum Gasteiger partial charge on any atom is 0.323 e. The number of carboxylic acids is 1. The molecule has 1 aliphatic heterocycles. The van der Waals surface area contributed by atoms with E-state index in [1.807, 2.05) is 0 Å². The maximum absolute atomic E-state index is 11.1. The van der Waals surface area contributed by atoms with Crippen LogP contribution in [0.3, 0.4) is 0 Å². The Labute approximate surface area is 98.2 Å². The number of hydrogen-bond acceptors (Lipinski definition) is 3. The Morgan fingerprint density at radius 3 is 1.62 bits per heavy atom. The number of hydrogen-bond donors (Lipinski definition) is 1. The van der Waals surface area contributed by atoms with E-state index in [1.165, 1.54) is 0 Å². The van der Waals surface area contributed by atoms with Crippen LogP contribution in [0.2, 0.25) is 0 Å². The molecule has 0 saturated carbocycles. The lowest BCUT2D eigenvalue weighted by molar-refractivity contribution is -0.151. The van der Waals surface area contributed by atoms with E-state index in [4.69, 9.17) is 5.11 Å². The van der Waals surface area contributed by atoms with Crippen molar-refractivity contribution in [1.29, 1.82) is 0 Å². The Hall–Kier alpha value is -0.610. The highest BCUT2D eigenvalue weighted by atomic mass is 16.4. The first-order valence-electron chi connectivity index (χ1n) is 5.89. The SMILES string of the molecule is CC(C)(C)N1CCN(C(C)(C)C(=O)O)CC1. The Morgan fingerprint density at radius 1 is 0.938 bits per heavy atom. The summed E-state index contributed by atoms with van der Waals surface area (Å²) in [5.74, 6) is -0.739. The molecule has 0 aromatic carbocycles. The summed E-state index contributed by atoms with van der Waals surface area (Å²) >= 11 is 0. The third-order valence-corrected chi connectivity index (χ3v) is 3.54. The number of aliphatic carboxylic acids is 1. The minimum absolute atomic E-state index is 0.180. The van der Waals surface area contributed by atoms with Gasteiger partial charge in [0.2, 0.25) is 0 Å². The summed E-state index contributed by atoms with van der Waals surface area (Å²) in [5.41, 5.74) is -0.566. The van der Waals surface area contributed by atoms with Crippen LogP contribution in [0, 0.1) is 0 Å². The first kappa shape index (κ1) is 13.5. The summed E-state index contributed by atoms with van der Waals surface area (Å²) in [5, 5.41) is 9.16. The average molecular weight is 228 g/mol. The Bertz CT molecular complexity index is 261. The van der Waals surface area contributed by atoms with Gasteiger partial charge in [-0.25, -0.2) is 0 Å². The number of nitrogens with zero attached hydrogens (tertiary/aromatic N) is 2. The van der Waals surface area contributed by atoms with Gasteiger partial charge in [-0.15, -0.1) is 0 Å². The highest BCUT2D eigenvalue weighted by molar-refractivity contribution is 5.77. The first-order chi connectivity index (χ1) is 7.15. The molecule has 0 unspecified atom stereocenters. The minimum atomic E-state index is -0.746. The molecule has 1 aliphatic rings. The van der Waals surface area contributed by atoms with E-state index in [9.17, 15) is 4.79 Å². The topological polar surface area (TPSA) is 43.8 Å². The normalized spacial score (nSPS) is 21.1. The van der Waals surface area contributed by atoms with Crippen molar-refractivity contribution in [3.8, 4) is 0 Å². The van der Waals surface area contributed by atoms with Crippen LogP contribution in [0.15, 0.2) is 0 Å². The predicted octanol–water partition coefficient (Wildman–Crippen LogP) is 1.27. The van der Waals surface area contributed by atoms with Gasteiger partial charge < -0.3 is 5.11 Å². The van der Waals surface area contributed by atoms with E-state index < -0.39 is 11.5 Å². The van der Waals surface area contributed by atoms with Gasteiger partial charge in [0.05, 0.1) is 0 Å². The quantitative estimate of drug-likeness (QED) is 0.773. The van der Waals surface area contributed by atoms with Gasteiger partial charge in [-0.3, -0.25) is 14.6 Å². The molecule has 4 nitrogen and oxygen atoms in total. The highest BCUT2D eigenvalue weighted by Crippen LogP contribution is 2.21. The van der Waals surface area contributed by atoms with E-state index in [1.54, 1.807) is 13.8 Å². The molecule has 1 rings (SSSR count). The lowest BCUT2D eigenvalue weighted by Gasteiger charge is -2.46. The first-order valence-corrected chi connectivity index (χ1v) is 5.89. The zero-order chi connectivity index (χ0) is 12.6. The van der Waals surface area contributed by atoms with Crippen molar-refractivity contribution in [2.24, 2.45) is 0 Å². The Kier molecular flexibility index (Phi) is 3.65. The van der Waals surface area contributed by atoms with Crippen molar-refractivity contribution >= 4 is 5.97 Å². The van der Waals surface area contributed by atoms with Gasteiger partial charge in [-0.05, 0) is 34.6 Å². The molecule has 0 atom stereocenters. The predicted molar refractivity (Wildman–Crippen MR) is 64.6 cm³/mol. The summed E-state index contributed by atoms with van der Waals surface area (Å²) in [6.07, 6.45) is 0. The molecule has 0 spiro atoms. The van der Waals surface area contributed by atoms with E-state index >= 15 is 0 Å². The van der Waals surface area contributed by atoms with Crippen molar-refractivity contribution < 1.29 is 9.90 Å². The van der Waals surface area contributed by atoms with Crippen LogP contribution in [-0.4, -0.2) is 58.1 Å². The van der Waals surface area contributed by atoms with Gasteiger partial charge in [0.25, 0.3) is 0 Å². The number of carbonyl (C=O) groups is 1. The van der Waals surface area contributed by atoms with E-state index in [-0.39, 0.29) is 5.54 Å². The second kappa shape index (κ2) is 4.34. The van der Waals surface area contributed by atoms with Crippen molar-refractivity contribution in [3.63, 3.8) is 0 Å². The average Bonchev–Trinajstić information content (AvgIpc) is 2.16. The van der Waals surface area contributed by atoms with Crippen LogP contribution in [-0.2, 0) is 4.79 Å². The van der Waals surface area contributed by atoms with Crippen LogP contribution < -0.4 is 0 Å². The largest absolute Gasteiger partial charge is 0.480 e. The summed E-state index contributed by atoms with van der Waals surface area (Å²) in [4.78, 5) is 15.6. The standard InChI is InChI=1S/C12H24N2O2/c1-11(2,3)13-6-8-14(9-7-13)12(4,5)10(15)16/h6-9H2,1-5H3,(H,15,16). The third-order valence-electron chi connectivity index (χ3n) is 3.54. The molecule has 94 valence electrons. The van der Waals surface area contributed by atoms with Gasteiger partial charge in [0.15, 0.2) is 0 Å². The molecule has 4 heteroatoms. The molecule has 1 saturated heterocycles. The fourth-order valence-corrected chi connectivity index (χ4v) is 2.07. The van der Waals surface area contributed by atoms with Crippen LogP contribution in [0.5, 0.6) is 0 Å². The molecule has 1 N–H and O–H groups in total. The zero-order valence-corrected chi connectivity index (χ0v) is 11.1. The highest BCUT2D eigenvalue weighted by Gasteiger charge is 2.37. The van der Waals surface area contributed by atoms with Gasteiger partial charge in [0.1, 0.15) is 5.54 Å². The summed E-state index contributed by atoms with van der Waals surface area (Å²) in [7, 11) is 0. The van der Waals surface area contributed by atoms with E-state index in [0.717, 1.165) is 26.2 Å². The van der Waals surface area contributed by atoms with Gasteiger partial charge in [-0.1, -0.05) is 0 Å². The molecular formula is C12H24N2O2. The molecule has 0 aromatic heterocycles. The lowest BCUT2D eigenvalue weighted by atomic mass is 10.00. The molecule has 0 bridgehead atoms. The smallest absolute Gasteiger partial charge is 0.323 e. The number of rotatable bonds is 2. The zero-order valence-electron chi connectivity index (χ0n) is 11.1. The number of carboxylic acid groups (broad SMARTS) is 1. The summed E-state index contributed by atoms with van der Waals surface area (Å²) in [6, 6.07) is 0. The molecule has 0 amide bonds. The van der Waals surface area contributed by atoms with Gasteiger partial charge in [-0.2, -0.15) is 0 Å². The van der Waals surface area contributed by atoms with Crippen molar-refractivity contribution in [2.45, 2.75) is 45.7 Å². The van der Waals surface area contributed by atoms with Crippen molar-refractivity contribution in [1.82, 2.24) is 9.80 Å². The molecule has 0 aliphatic carbocycles. The molecular weight excluding hydrogens is 204 g/mol. The molecule has 1 fully saturated rings. The maximum atomic E-state index is 11.1. The molecule has 1 heterocycles. The van der Waals surface area contributed by atoms with Crippen molar-refractivity contribution in [3.05, 3.63) is 0 Å². The third kappa shape index (κ3) is 2.74. The van der Waals surface area contributed by atoms with Crippen molar-refractivity contribution in [2.75, 3.05) is 26.2 Å². The summed E-state index contributed by atoms with van der Waals surface area (Å²) < 4.78 is 0. The van der Waals surface area contributed by atoms with Crippen LogP contribution >= 0.6 is 0 Å². The lowest BCUT2D eigenvalue weighted by Crippen LogP contribution is -2.60. The number of piperazine rings is 1. The van der Waals surface area contributed by atoms with E-state index in [0.29, 0.717) is 0 Å². The Balaban J connectivity index is 2.59.